The molecule has 1 heterocycles. The molecular formula is C17H20FN3O. The maximum Gasteiger partial charge on any atom is 0.257 e. The van der Waals surface area contributed by atoms with Gasteiger partial charge in [-0.2, -0.15) is 5.10 Å². The Hall–Kier alpha value is -2.17. The Morgan fingerprint density at radius 1 is 1.36 bits per heavy atom. The Bertz CT molecular complexity index is 702. The van der Waals surface area contributed by atoms with Crippen molar-refractivity contribution < 1.29 is 9.18 Å². The van der Waals surface area contributed by atoms with Gasteiger partial charge in [-0.3, -0.25) is 4.79 Å². The lowest BCUT2D eigenvalue weighted by Gasteiger charge is -2.26. The van der Waals surface area contributed by atoms with Crippen molar-refractivity contribution in [2.45, 2.75) is 45.7 Å². The van der Waals surface area contributed by atoms with E-state index in [-0.39, 0.29) is 17.8 Å². The summed E-state index contributed by atoms with van der Waals surface area (Å²) in [6.07, 6.45) is 3.66. The number of rotatable bonds is 4. The number of amides is 1. The number of hydrogen-bond donors (Lipinski definition) is 0. The lowest BCUT2D eigenvalue weighted by atomic mass is 10.2. The van der Waals surface area contributed by atoms with Crippen molar-refractivity contribution in [1.82, 2.24) is 14.7 Å². The van der Waals surface area contributed by atoms with E-state index in [4.69, 9.17) is 0 Å². The van der Waals surface area contributed by atoms with E-state index in [0.717, 1.165) is 12.8 Å². The second-order valence-corrected chi connectivity index (χ2v) is 6.04. The second kappa shape index (κ2) is 5.55. The van der Waals surface area contributed by atoms with Gasteiger partial charge in [-0.15, -0.1) is 0 Å². The van der Waals surface area contributed by atoms with E-state index in [9.17, 15) is 9.18 Å². The van der Waals surface area contributed by atoms with Gasteiger partial charge in [0.1, 0.15) is 11.5 Å². The number of halogens is 1. The average molecular weight is 301 g/mol. The SMILES string of the molecule is Cc1c(C(=O)N(C(C)C)C2CC2)cnn1-c1ccccc1F. The fraction of sp³-hybridized carbons (Fsp3) is 0.412. The zero-order valence-corrected chi connectivity index (χ0v) is 13.1. The number of para-hydroxylation sites is 1. The van der Waals surface area contributed by atoms with Gasteiger partial charge in [0.25, 0.3) is 5.91 Å². The van der Waals surface area contributed by atoms with Crippen LogP contribution >= 0.6 is 0 Å². The first-order valence-corrected chi connectivity index (χ1v) is 7.63. The molecule has 0 aliphatic heterocycles. The zero-order chi connectivity index (χ0) is 15.9. The predicted molar refractivity (Wildman–Crippen MR) is 82.6 cm³/mol. The van der Waals surface area contributed by atoms with Gasteiger partial charge >= 0.3 is 0 Å². The molecule has 0 N–H and O–H groups in total. The number of nitrogens with zero attached hydrogens (tertiary/aromatic N) is 3. The Morgan fingerprint density at radius 2 is 2.05 bits per heavy atom. The fourth-order valence-corrected chi connectivity index (χ4v) is 2.80. The lowest BCUT2D eigenvalue weighted by molar-refractivity contribution is 0.0689. The van der Waals surface area contributed by atoms with Crippen LogP contribution in [-0.2, 0) is 0 Å². The van der Waals surface area contributed by atoms with Gasteiger partial charge in [0.05, 0.1) is 17.5 Å². The van der Waals surface area contributed by atoms with Crippen LogP contribution in [0.4, 0.5) is 4.39 Å². The van der Waals surface area contributed by atoms with E-state index < -0.39 is 0 Å². The van der Waals surface area contributed by atoms with Crippen LogP contribution in [0, 0.1) is 12.7 Å². The topological polar surface area (TPSA) is 38.1 Å². The molecule has 1 aromatic carbocycles. The molecular weight excluding hydrogens is 281 g/mol. The van der Waals surface area contributed by atoms with E-state index in [0.29, 0.717) is 23.0 Å². The molecule has 2 aromatic rings. The Kier molecular flexibility index (Phi) is 3.72. The Labute approximate surface area is 129 Å². The fourth-order valence-electron chi connectivity index (χ4n) is 2.80. The van der Waals surface area contributed by atoms with Crippen LogP contribution in [-0.4, -0.2) is 32.7 Å². The Balaban J connectivity index is 1.97. The highest BCUT2D eigenvalue weighted by Crippen LogP contribution is 2.30. The van der Waals surface area contributed by atoms with E-state index >= 15 is 0 Å². The molecule has 22 heavy (non-hydrogen) atoms. The van der Waals surface area contributed by atoms with Crippen LogP contribution in [0.15, 0.2) is 30.5 Å². The molecule has 1 aliphatic carbocycles. The average Bonchev–Trinajstić information content (AvgIpc) is 3.22. The van der Waals surface area contributed by atoms with Crippen LogP contribution in [0.2, 0.25) is 0 Å². The minimum Gasteiger partial charge on any atom is -0.333 e. The third-order valence-corrected chi connectivity index (χ3v) is 4.05. The number of carbonyl (C=O) groups is 1. The largest absolute Gasteiger partial charge is 0.333 e. The summed E-state index contributed by atoms with van der Waals surface area (Å²) in [6.45, 7) is 5.84. The van der Waals surface area contributed by atoms with Crippen LogP contribution in [0.3, 0.4) is 0 Å². The quantitative estimate of drug-likeness (QED) is 0.868. The van der Waals surface area contributed by atoms with Gasteiger partial charge in [-0.05, 0) is 45.7 Å². The molecule has 5 heteroatoms. The number of carbonyl (C=O) groups excluding carboxylic acids is 1. The first-order valence-electron chi connectivity index (χ1n) is 7.63. The molecule has 0 saturated heterocycles. The van der Waals surface area contributed by atoms with Crippen molar-refractivity contribution in [3.8, 4) is 5.69 Å². The van der Waals surface area contributed by atoms with Gasteiger partial charge in [-0.25, -0.2) is 9.07 Å². The highest BCUT2D eigenvalue weighted by Gasteiger charge is 2.35. The van der Waals surface area contributed by atoms with Crippen molar-refractivity contribution in [3.63, 3.8) is 0 Å². The third kappa shape index (κ3) is 2.51. The lowest BCUT2D eigenvalue weighted by Crippen LogP contribution is -2.39. The van der Waals surface area contributed by atoms with Crippen molar-refractivity contribution in [2.24, 2.45) is 0 Å². The highest BCUT2D eigenvalue weighted by atomic mass is 19.1. The summed E-state index contributed by atoms with van der Waals surface area (Å²) in [7, 11) is 0. The van der Waals surface area contributed by atoms with Crippen molar-refractivity contribution >= 4 is 5.91 Å². The molecule has 116 valence electrons. The monoisotopic (exact) mass is 301 g/mol. The van der Waals surface area contributed by atoms with Crippen molar-refractivity contribution in [2.75, 3.05) is 0 Å². The van der Waals surface area contributed by atoms with Crippen LogP contribution in [0.25, 0.3) is 5.69 Å². The maximum atomic E-state index is 13.9. The summed E-state index contributed by atoms with van der Waals surface area (Å²) >= 11 is 0. The van der Waals surface area contributed by atoms with Gasteiger partial charge in [0, 0.05) is 12.1 Å². The molecule has 0 spiro atoms. The van der Waals surface area contributed by atoms with E-state index in [1.807, 2.05) is 18.7 Å². The molecule has 3 rings (SSSR count). The van der Waals surface area contributed by atoms with Gasteiger partial charge < -0.3 is 4.90 Å². The summed E-state index contributed by atoms with van der Waals surface area (Å²) in [4.78, 5) is 14.7. The highest BCUT2D eigenvalue weighted by molar-refractivity contribution is 5.95. The zero-order valence-electron chi connectivity index (χ0n) is 13.1. The van der Waals surface area contributed by atoms with Crippen LogP contribution in [0.5, 0.6) is 0 Å². The molecule has 4 nitrogen and oxygen atoms in total. The van der Waals surface area contributed by atoms with E-state index in [1.165, 1.54) is 10.7 Å². The summed E-state index contributed by atoms with van der Waals surface area (Å²) < 4.78 is 15.4. The number of hydrogen-bond acceptors (Lipinski definition) is 2. The van der Waals surface area contributed by atoms with E-state index in [2.05, 4.69) is 5.10 Å². The van der Waals surface area contributed by atoms with Crippen LogP contribution in [0.1, 0.15) is 42.7 Å². The van der Waals surface area contributed by atoms with Crippen LogP contribution < -0.4 is 0 Å². The van der Waals surface area contributed by atoms with Crippen molar-refractivity contribution in [3.05, 3.63) is 47.5 Å². The van der Waals surface area contributed by atoms with Gasteiger partial charge in [0.15, 0.2) is 0 Å². The summed E-state index contributed by atoms with van der Waals surface area (Å²) in [6, 6.07) is 6.93. The molecule has 0 atom stereocenters. The van der Waals surface area contributed by atoms with E-state index in [1.54, 1.807) is 31.3 Å². The minimum absolute atomic E-state index is 0.0161. The smallest absolute Gasteiger partial charge is 0.257 e. The molecule has 0 unspecified atom stereocenters. The molecule has 1 saturated carbocycles. The maximum absolute atomic E-state index is 13.9. The third-order valence-electron chi connectivity index (χ3n) is 4.05. The molecule has 1 aliphatic rings. The minimum atomic E-state index is -0.351. The summed E-state index contributed by atoms with van der Waals surface area (Å²) in [5, 5.41) is 4.22. The normalized spacial score (nSPS) is 14.4. The summed E-state index contributed by atoms with van der Waals surface area (Å²) in [5.74, 6) is -0.367. The summed E-state index contributed by atoms with van der Waals surface area (Å²) in [5.41, 5.74) is 1.58. The molecule has 0 bridgehead atoms. The first kappa shape index (κ1) is 14.8. The first-order chi connectivity index (χ1) is 10.5. The number of aromatic nitrogens is 2. The molecule has 1 aromatic heterocycles. The van der Waals surface area contributed by atoms with Gasteiger partial charge in [-0.1, -0.05) is 12.1 Å². The number of benzene rings is 1. The molecule has 0 radical (unpaired) electrons. The van der Waals surface area contributed by atoms with Gasteiger partial charge in [0.2, 0.25) is 0 Å². The second-order valence-electron chi connectivity index (χ2n) is 6.04. The standard InChI is InChI=1S/C17H20FN3O/c1-11(2)20(13-8-9-13)17(22)14-10-19-21(12(14)3)16-7-5-4-6-15(16)18/h4-7,10-11,13H,8-9H2,1-3H3. The predicted octanol–water partition coefficient (Wildman–Crippen LogP) is 3.33. The molecule has 1 fully saturated rings. The Morgan fingerprint density at radius 3 is 2.64 bits per heavy atom. The van der Waals surface area contributed by atoms with Crippen molar-refractivity contribution in [1.29, 1.82) is 0 Å². The molecule has 1 amide bonds.